The molecule has 12 heavy (non-hydrogen) atoms. The summed E-state index contributed by atoms with van der Waals surface area (Å²) in [7, 11) is 0. The van der Waals surface area contributed by atoms with Gasteiger partial charge in [0.15, 0.2) is 0 Å². The summed E-state index contributed by atoms with van der Waals surface area (Å²) in [6.07, 6.45) is 3.73. The number of nitrogens with two attached hydrogens (primary N) is 1. The Hall–Kier alpha value is -0.570. The van der Waals surface area contributed by atoms with Crippen LogP contribution in [-0.4, -0.2) is 29.9 Å². The third-order valence-electron chi connectivity index (χ3n) is 2.42. The van der Waals surface area contributed by atoms with Crippen LogP contribution in [0.1, 0.15) is 32.6 Å². The van der Waals surface area contributed by atoms with Gasteiger partial charge in [0.1, 0.15) is 0 Å². The third-order valence-corrected chi connectivity index (χ3v) is 2.42. The van der Waals surface area contributed by atoms with Gasteiger partial charge in [-0.1, -0.05) is 6.92 Å². The van der Waals surface area contributed by atoms with Gasteiger partial charge in [-0.05, 0) is 19.3 Å². The number of likely N-dealkylation sites (tertiary alicyclic amines) is 1. The standard InChI is InChI=1S/C9H18N2O/c1-2-8(10)7-9(12)11-5-3-4-6-11/h8H,2-7,10H2,1H3. The second kappa shape index (κ2) is 4.45. The number of hydrogen-bond acceptors (Lipinski definition) is 2. The van der Waals surface area contributed by atoms with E-state index in [1.54, 1.807) is 0 Å². The second-order valence-electron chi connectivity index (χ2n) is 3.46. The molecule has 3 nitrogen and oxygen atoms in total. The van der Waals surface area contributed by atoms with Crippen LogP contribution in [0.5, 0.6) is 0 Å². The molecule has 1 heterocycles. The molecular weight excluding hydrogens is 152 g/mol. The fourth-order valence-corrected chi connectivity index (χ4v) is 1.46. The van der Waals surface area contributed by atoms with Crippen LogP contribution in [0, 0.1) is 0 Å². The average molecular weight is 170 g/mol. The highest BCUT2D eigenvalue weighted by Gasteiger charge is 2.18. The van der Waals surface area contributed by atoms with Gasteiger partial charge in [0.05, 0.1) is 0 Å². The summed E-state index contributed by atoms with van der Waals surface area (Å²) < 4.78 is 0. The van der Waals surface area contributed by atoms with E-state index in [2.05, 4.69) is 0 Å². The van der Waals surface area contributed by atoms with Crippen molar-refractivity contribution in [3.05, 3.63) is 0 Å². The van der Waals surface area contributed by atoms with Crippen molar-refractivity contribution in [2.45, 2.75) is 38.6 Å². The normalized spacial score (nSPS) is 19.7. The van der Waals surface area contributed by atoms with Crippen LogP contribution in [0.15, 0.2) is 0 Å². The van der Waals surface area contributed by atoms with E-state index in [1.807, 2.05) is 11.8 Å². The Morgan fingerprint density at radius 2 is 2.08 bits per heavy atom. The van der Waals surface area contributed by atoms with Crippen LogP contribution in [0.4, 0.5) is 0 Å². The minimum Gasteiger partial charge on any atom is -0.343 e. The van der Waals surface area contributed by atoms with Crippen LogP contribution in [0.2, 0.25) is 0 Å². The molecule has 1 saturated heterocycles. The summed E-state index contributed by atoms with van der Waals surface area (Å²) in [5.74, 6) is 0.238. The lowest BCUT2D eigenvalue weighted by Crippen LogP contribution is -2.33. The molecule has 1 atom stereocenters. The fraction of sp³-hybridized carbons (Fsp3) is 0.889. The van der Waals surface area contributed by atoms with Crippen molar-refractivity contribution in [3.8, 4) is 0 Å². The maximum Gasteiger partial charge on any atom is 0.224 e. The van der Waals surface area contributed by atoms with Crippen LogP contribution in [-0.2, 0) is 4.79 Å². The molecule has 0 radical (unpaired) electrons. The number of carbonyl (C=O) groups excluding carboxylic acids is 1. The molecule has 0 saturated carbocycles. The van der Waals surface area contributed by atoms with E-state index in [0.717, 1.165) is 32.4 Å². The molecule has 1 rings (SSSR count). The van der Waals surface area contributed by atoms with E-state index in [4.69, 9.17) is 5.73 Å². The van der Waals surface area contributed by atoms with Crippen LogP contribution < -0.4 is 5.73 Å². The molecule has 0 aromatic heterocycles. The first-order valence-corrected chi connectivity index (χ1v) is 4.77. The Kier molecular flexibility index (Phi) is 3.53. The minimum absolute atomic E-state index is 0.0538. The molecule has 3 heteroatoms. The van der Waals surface area contributed by atoms with Crippen molar-refractivity contribution in [2.75, 3.05) is 13.1 Å². The zero-order chi connectivity index (χ0) is 8.97. The van der Waals surface area contributed by atoms with Crippen molar-refractivity contribution in [1.82, 2.24) is 4.90 Å². The summed E-state index contributed by atoms with van der Waals surface area (Å²) in [5, 5.41) is 0. The molecule has 1 unspecified atom stereocenters. The number of amides is 1. The first-order chi connectivity index (χ1) is 5.74. The lowest BCUT2D eigenvalue weighted by atomic mass is 10.1. The van der Waals surface area contributed by atoms with E-state index in [-0.39, 0.29) is 11.9 Å². The topological polar surface area (TPSA) is 46.3 Å². The van der Waals surface area contributed by atoms with Gasteiger partial charge < -0.3 is 10.6 Å². The smallest absolute Gasteiger partial charge is 0.224 e. The number of hydrogen-bond donors (Lipinski definition) is 1. The van der Waals surface area contributed by atoms with Crippen molar-refractivity contribution < 1.29 is 4.79 Å². The van der Waals surface area contributed by atoms with E-state index in [1.165, 1.54) is 0 Å². The monoisotopic (exact) mass is 170 g/mol. The predicted octanol–water partition coefficient (Wildman–Crippen LogP) is 0.736. The predicted molar refractivity (Wildman–Crippen MR) is 48.7 cm³/mol. The summed E-state index contributed by atoms with van der Waals surface area (Å²) in [5.41, 5.74) is 5.69. The molecule has 1 fully saturated rings. The molecule has 0 spiro atoms. The van der Waals surface area contributed by atoms with Crippen LogP contribution >= 0.6 is 0 Å². The van der Waals surface area contributed by atoms with E-state index >= 15 is 0 Å². The summed E-state index contributed by atoms with van der Waals surface area (Å²) in [6.45, 7) is 3.90. The Morgan fingerprint density at radius 1 is 1.50 bits per heavy atom. The molecule has 70 valence electrons. The van der Waals surface area contributed by atoms with Gasteiger partial charge in [0.2, 0.25) is 5.91 Å². The highest BCUT2D eigenvalue weighted by molar-refractivity contribution is 5.77. The number of rotatable bonds is 3. The highest BCUT2D eigenvalue weighted by Crippen LogP contribution is 2.09. The highest BCUT2D eigenvalue weighted by atomic mass is 16.2. The Balaban J connectivity index is 2.27. The van der Waals surface area contributed by atoms with Gasteiger partial charge in [0, 0.05) is 25.6 Å². The van der Waals surface area contributed by atoms with E-state index in [0.29, 0.717) is 6.42 Å². The fourth-order valence-electron chi connectivity index (χ4n) is 1.46. The first kappa shape index (κ1) is 9.52. The molecule has 1 aliphatic heterocycles. The van der Waals surface area contributed by atoms with Crippen LogP contribution in [0.25, 0.3) is 0 Å². The zero-order valence-electron chi connectivity index (χ0n) is 7.75. The molecular formula is C9H18N2O. The molecule has 1 amide bonds. The van der Waals surface area contributed by atoms with Gasteiger partial charge in [-0.2, -0.15) is 0 Å². The maximum absolute atomic E-state index is 11.5. The zero-order valence-corrected chi connectivity index (χ0v) is 7.75. The summed E-state index contributed by atoms with van der Waals surface area (Å²) in [4.78, 5) is 13.4. The Morgan fingerprint density at radius 3 is 2.58 bits per heavy atom. The molecule has 1 aliphatic rings. The third kappa shape index (κ3) is 2.48. The molecule has 0 aromatic rings. The van der Waals surface area contributed by atoms with Crippen molar-refractivity contribution >= 4 is 5.91 Å². The number of nitrogens with zero attached hydrogens (tertiary/aromatic N) is 1. The van der Waals surface area contributed by atoms with Crippen molar-refractivity contribution in [2.24, 2.45) is 5.73 Å². The minimum atomic E-state index is 0.0538. The molecule has 0 aromatic carbocycles. The van der Waals surface area contributed by atoms with E-state index in [9.17, 15) is 4.79 Å². The Labute approximate surface area is 73.9 Å². The van der Waals surface area contributed by atoms with Crippen molar-refractivity contribution in [3.63, 3.8) is 0 Å². The van der Waals surface area contributed by atoms with Gasteiger partial charge in [-0.3, -0.25) is 4.79 Å². The molecule has 2 N–H and O–H groups in total. The first-order valence-electron chi connectivity index (χ1n) is 4.77. The molecule has 0 aliphatic carbocycles. The summed E-state index contributed by atoms with van der Waals surface area (Å²) in [6, 6.07) is 0.0538. The number of carbonyl (C=O) groups is 1. The Bertz CT molecular complexity index is 153. The largest absolute Gasteiger partial charge is 0.343 e. The average Bonchev–Trinajstić information content (AvgIpc) is 2.56. The van der Waals surface area contributed by atoms with Gasteiger partial charge >= 0.3 is 0 Å². The van der Waals surface area contributed by atoms with Gasteiger partial charge in [-0.15, -0.1) is 0 Å². The van der Waals surface area contributed by atoms with Crippen LogP contribution in [0.3, 0.4) is 0 Å². The quantitative estimate of drug-likeness (QED) is 0.679. The lowest BCUT2D eigenvalue weighted by molar-refractivity contribution is -0.130. The second-order valence-corrected chi connectivity index (χ2v) is 3.46. The maximum atomic E-state index is 11.5. The van der Waals surface area contributed by atoms with Gasteiger partial charge in [0.25, 0.3) is 0 Å². The van der Waals surface area contributed by atoms with E-state index < -0.39 is 0 Å². The summed E-state index contributed by atoms with van der Waals surface area (Å²) >= 11 is 0. The van der Waals surface area contributed by atoms with Gasteiger partial charge in [-0.25, -0.2) is 0 Å². The molecule has 0 bridgehead atoms. The SMILES string of the molecule is CCC(N)CC(=O)N1CCCC1. The lowest BCUT2D eigenvalue weighted by Gasteiger charge is -2.17. The van der Waals surface area contributed by atoms with Crippen molar-refractivity contribution in [1.29, 1.82) is 0 Å².